The van der Waals surface area contributed by atoms with E-state index in [0.717, 1.165) is 12.3 Å². The van der Waals surface area contributed by atoms with Crippen LogP contribution in [0.5, 0.6) is 0 Å². The molecule has 3 rings (SSSR count). The van der Waals surface area contributed by atoms with Gasteiger partial charge in [-0.1, -0.05) is 64.1 Å². The van der Waals surface area contributed by atoms with Gasteiger partial charge in [-0.05, 0) is 66.0 Å². The number of aryl methyl sites for hydroxylation is 1. The smallest absolute Gasteiger partial charge is 0.0614 e. The molecule has 2 aromatic rings. The molecule has 0 aromatic heterocycles. The summed E-state index contributed by atoms with van der Waals surface area (Å²) < 4.78 is 0. The van der Waals surface area contributed by atoms with Crippen molar-refractivity contribution in [3.8, 4) is 11.1 Å². The minimum Gasteiger partial charge on any atom is -0.281 e. The summed E-state index contributed by atoms with van der Waals surface area (Å²) >= 11 is 0. The number of rotatable bonds is 6. The topological polar surface area (TPSA) is 6.48 Å². The zero-order chi connectivity index (χ0) is 19.6. The standard InChI is InChI=1S/C25H34N2/c1-18(2)7-8-21-9-11-22(12-10-21)23-13-14-24(19(3)4)25(17-23)27-16-15-20(5)26(27)6/h9-20H,7-8H2,1-6H3. The summed E-state index contributed by atoms with van der Waals surface area (Å²) in [4.78, 5) is 0. The maximum Gasteiger partial charge on any atom is 0.0614 e. The lowest BCUT2D eigenvalue weighted by Gasteiger charge is -2.31. The molecule has 0 amide bonds. The Morgan fingerprint density at radius 3 is 2.15 bits per heavy atom. The SMILES string of the molecule is CC(C)CCc1ccc(-c2ccc(C(C)C)c(N3C=CC(C)N3C)c2)cc1. The van der Waals surface area contributed by atoms with Gasteiger partial charge < -0.3 is 0 Å². The average molecular weight is 363 g/mol. The van der Waals surface area contributed by atoms with Crippen molar-refractivity contribution >= 4 is 5.69 Å². The molecule has 0 N–H and O–H groups in total. The Kier molecular flexibility index (Phi) is 6.06. The van der Waals surface area contributed by atoms with Crippen molar-refractivity contribution < 1.29 is 0 Å². The summed E-state index contributed by atoms with van der Waals surface area (Å²) in [6, 6.07) is 16.5. The van der Waals surface area contributed by atoms with E-state index in [1.807, 2.05) is 0 Å². The highest BCUT2D eigenvalue weighted by atomic mass is 15.6. The van der Waals surface area contributed by atoms with Crippen LogP contribution in [-0.4, -0.2) is 18.1 Å². The van der Waals surface area contributed by atoms with Crippen molar-refractivity contribution in [2.24, 2.45) is 5.92 Å². The Morgan fingerprint density at radius 1 is 0.926 bits per heavy atom. The van der Waals surface area contributed by atoms with Gasteiger partial charge in [0.1, 0.15) is 0 Å². The number of anilines is 1. The molecule has 1 heterocycles. The first-order valence-corrected chi connectivity index (χ1v) is 10.3. The molecule has 1 unspecified atom stereocenters. The van der Waals surface area contributed by atoms with Crippen LogP contribution < -0.4 is 5.01 Å². The Hall–Kier alpha value is -2.06. The Labute approximate surface area is 165 Å². The van der Waals surface area contributed by atoms with Crippen molar-refractivity contribution in [3.05, 3.63) is 65.9 Å². The number of hydrogen-bond acceptors (Lipinski definition) is 2. The van der Waals surface area contributed by atoms with Gasteiger partial charge >= 0.3 is 0 Å². The van der Waals surface area contributed by atoms with Crippen LogP contribution in [-0.2, 0) is 6.42 Å². The van der Waals surface area contributed by atoms with Gasteiger partial charge in [-0.25, -0.2) is 5.01 Å². The predicted molar refractivity (Wildman–Crippen MR) is 118 cm³/mol. The number of nitrogens with zero attached hydrogens (tertiary/aromatic N) is 2. The van der Waals surface area contributed by atoms with Gasteiger partial charge in [0.15, 0.2) is 0 Å². The molecular formula is C25H34N2. The molecular weight excluding hydrogens is 328 g/mol. The second-order valence-electron chi connectivity index (χ2n) is 8.56. The minimum atomic E-state index is 0.425. The molecule has 2 nitrogen and oxygen atoms in total. The van der Waals surface area contributed by atoms with Crippen molar-refractivity contribution in [1.82, 2.24) is 5.01 Å². The Bertz CT molecular complexity index is 786. The van der Waals surface area contributed by atoms with E-state index < -0.39 is 0 Å². The van der Waals surface area contributed by atoms with Crippen LogP contribution in [0.1, 0.15) is 58.1 Å². The molecule has 2 heteroatoms. The summed E-state index contributed by atoms with van der Waals surface area (Å²) in [5.74, 6) is 1.24. The zero-order valence-electron chi connectivity index (χ0n) is 17.7. The van der Waals surface area contributed by atoms with Crippen LogP contribution >= 0.6 is 0 Å². The van der Waals surface area contributed by atoms with Crippen LogP contribution in [0.25, 0.3) is 11.1 Å². The predicted octanol–water partition coefficient (Wildman–Crippen LogP) is 6.63. The molecule has 0 bridgehead atoms. The number of hydrogen-bond donors (Lipinski definition) is 0. The van der Waals surface area contributed by atoms with Crippen LogP contribution in [0, 0.1) is 5.92 Å². The molecule has 0 spiro atoms. The van der Waals surface area contributed by atoms with E-state index in [1.54, 1.807) is 0 Å². The molecule has 0 saturated heterocycles. The van der Waals surface area contributed by atoms with Crippen LogP contribution in [0.4, 0.5) is 5.69 Å². The average Bonchev–Trinajstić information content (AvgIpc) is 2.98. The fourth-order valence-electron chi connectivity index (χ4n) is 3.61. The van der Waals surface area contributed by atoms with E-state index in [9.17, 15) is 0 Å². The van der Waals surface area contributed by atoms with Crippen LogP contribution in [0.2, 0.25) is 0 Å². The van der Waals surface area contributed by atoms with Gasteiger partial charge in [0.2, 0.25) is 0 Å². The number of hydrazine groups is 1. The van der Waals surface area contributed by atoms with Gasteiger partial charge in [-0.2, -0.15) is 0 Å². The summed E-state index contributed by atoms with van der Waals surface area (Å²) in [6.45, 7) is 11.3. The Morgan fingerprint density at radius 2 is 1.59 bits per heavy atom. The summed E-state index contributed by atoms with van der Waals surface area (Å²) in [5, 5.41) is 4.58. The third kappa shape index (κ3) is 4.44. The highest BCUT2D eigenvalue weighted by molar-refractivity contribution is 5.72. The van der Waals surface area contributed by atoms with E-state index in [2.05, 4.69) is 106 Å². The minimum absolute atomic E-state index is 0.425. The third-order valence-electron chi connectivity index (χ3n) is 5.63. The Balaban J connectivity index is 1.90. The van der Waals surface area contributed by atoms with Crippen molar-refractivity contribution in [3.63, 3.8) is 0 Å². The van der Waals surface area contributed by atoms with Crippen molar-refractivity contribution in [1.29, 1.82) is 0 Å². The first-order chi connectivity index (χ1) is 12.9. The van der Waals surface area contributed by atoms with Crippen molar-refractivity contribution in [2.75, 3.05) is 12.1 Å². The van der Waals surface area contributed by atoms with Gasteiger partial charge in [0, 0.05) is 19.3 Å². The summed E-state index contributed by atoms with van der Waals surface area (Å²) in [7, 11) is 2.16. The van der Waals surface area contributed by atoms with Crippen LogP contribution in [0.15, 0.2) is 54.7 Å². The molecule has 1 aliphatic heterocycles. The molecule has 2 aromatic carbocycles. The fourth-order valence-corrected chi connectivity index (χ4v) is 3.61. The van der Waals surface area contributed by atoms with Crippen molar-refractivity contribution in [2.45, 2.75) is 59.4 Å². The third-order valence-corrected chi connectivity index (χ3v) is 5.63. The van der Waals surface area contributed by atoms with Gasteiger partial charge in [0.25, 0.3) is 0 Å². The molecule has 0 aliphatic carbocycles. The molecule has 0 saturated carbocycles. The molecule has 0 radical (unpaired) electrons. The lowest BCUT2D eigenvalue weighted by atomic mass is 9.95. The van der Waals surface area contributed by atoms with E-state index in [4.69, 9.17) is 0 Å². The first-order valence-electron chi connectivity index (χ1n) is 10.3. The molecule has 1 atom stereocenters. The van der Waals surface area contributed by atoms with Gasteiger partial charge in [0.05, 0.1) is 5.69 Å². The first kappa shape index (κ1) is 19.7. The normalized spacial score (nSPS) is 17.5. The molecule has 27 heavy (non-hydrogen) atoms. The van der Waals surface area contributed by atoms with E-state index in [0.29, 0.717) is 12.0 Å². The van der Waals surface area contributed by atoms with Gasteiger partial charge in [-0.3, -0.25) is 5.01 Å². The molecule has 0 fully saturated rings. The van der Waals surface area contributed by atoms with Crippen LogP contribution in [0.3, 0.4) is 0 Å². The second kappa shape index (κ2) is 8.31. The highest BCUT2D eigenvalue weighted by Crippen LogP contribution is 2.35. The fraction of sp³-hybridized carbons (Fsp3) is 0.440. The maximum absolute atomic E-state index is 2.34. The summed E-state index contributed by atoms with van der Waals surface area (Å²) in [6.07, 6.45) is 6.86. The second-order valence-corrected chi connectivity index (χ2v) is 8.56. The summed E-state index contributed by atoms with van der Waals surface area (Å²) in [5.41, 5.74) is 6.68. The largest absolute Gasteiger partial charge is 0.281 e. The van der Waals surface area contributed by atoms with E-state index in [1.165, 1.54) is 34.4 Å². The van der Waals surface area contributed by atoms with E-state index >= 15 is 0 Å². The highest BCUT2D eigenvalue weighted by Gasteiger charge is 2.23. The van der Waals surface area contributed by atoms with E-state index in [-0.39, 0.29) is 0 Å². The molecule has 1 aliphatic rings. The zero-order valence-corrected chi connectivity index (χ0v) is 17.7. The quantitative estimate of drug-likeness (QED) is 0.568. The lowest BCUT2D eigenvalue weighted by Crippen LogP contribution is -2.36. The number of likely N-dealkylation sites (N-methyl/N-ethyl adjacent to an activating group) is 1. The number of benzene rings is 2. The maximum atomic E-state index is 2.34. The monoisotopic (exact) mass is 362 g/mol. The van der Waals surface area contributed by atoms with Gasteiger partial charge in [-0.15, -0.1) is 0 Å². The lowest BCUT2D eigenvalue weighted by molar-refractivity contribution is 0.321. The molecule has 144 valence electrons.